The second kappa shape index (κ2) is 5.36. The fraction of sp³-hybridized carbons (Fsp3) is 0.250. The first-order valence-corrected chi connectivity index (χ1v) is 9.30. The molecular formula is C12H10ClN3O3S2. The minimum absolute atomic E-state index is 0.0463. The van der Waals surface area contributed by atoms with E-state index in [1.807, 2.05) is 11.4 Å². The van der Waals surface area contributed by atoms with Crippen LogP contribution in [-0.4, -0.2) is 36.1 Å². The number of carbonyl (C=O) groups excluding carboxylic acids is 1. The molecule has 21 heavy (non-hydrogen) atoms. The van der Waals surface area contributed by atoms with Gasteiger partial charge in [0, 0.05) is 47.0 Å². The Morgan fingerprint density at radius 1 is 1.43 bits per heavy atom. The van der Waals surface area contributed by atoms with Gasteiger partial charge in [0.25, 0.3) is 0 Å². The van der Waals surface area contributed by atoms with Crippen molar-refractivity contribution < 1.29 is 13.2 Å². The van der Waals surface area contributed by atoms with E-state index in [4.69, 9.17) is 10.7 Å². The molecule has 0 aromatic carbocycles. The van der Waals surface area contributed by atoms with Crippen molar-refractivity contribution >= 4 is 42.1 Å². The molecule has 1 atom stereocenters. The van der Waals surface area contributed by atoms with Crippen LogP contribution in [0.5, 0.6) is 0 Å². The highest BCUT2D eigenvalue weighted by Crippen LogP contribution is 2.31. The molecule has 3 heterocycles. The third-order valence-corrected chi connectivity index (χ3v) is 5.90. The van der Waals surface area contributed by atoms with Gasteiger partial charge in [-0.2, -0.15) is 0 Å². The molecule has 0 bridgehead atoms. The molecule has 0 aliphatic carbocycles. The van der Waals surface area contributed by atoms with Gasteiger partial charge in [0.1, 0.15) is 5.25 Å². The number of rotatable bonds is 3. The zero-order valence-corrected chi connectivity index (χ0v) is 13.0. The average molecular weight is 344 g/mol. The topological polar surface area (TPSA) is 80.2 Å². The van der Waals surface area contributed by atoms with E-state index >= 15 is 0 Å². The van der Waals surface area contributed by atoms with Crippen LogP contribution in [0.4, 0.5) is 5.13 Å². The first-order chi connectivity index (χ1) is 9.95. The van der Waals surface area contributed by atoms with Crippen molar-refractivity contribution in [2.75, 3.05) is 11.4 Å². The predicted molar refractivity (Wildman–Crippen MR) is 80.9 cm³/mol. The monoisotopic (exact) mass is 343 g/mol. The third kappa shape index (κ3) is 2.92. The first kappa shape index (κ1) is 14.4. The summed E-state index contributed by atoms with van der Waals surface area (Å²) in [7, 11) is 1.58. The lowest BCUT2D eigenvalue weighted by Gasteiger charge is -2.11. The van der Waals surface area contributed by atoms with Crippen LogP contribution in [0.15, 0.2) is 29.9 Å². The number of thiazole rings is 1. The van der Waals surface area contributed by atoms with Crippen LogP contribution in [0, 0.1) is 0 Å². The Bertz CT molecular complexity index is 776. The molecule has 3 rings (SSSR count). The van der Waals surface area contributed by atoms with Crippen LogP contribution in [0.1, 0.15) is 6.42 Å². The quantitative estimate of drug-likeness (QED) is 0.795. The Morgan fingerprint density at radius 3 is 2.86 bits per heavy atom. The van der Waals surface area contributed by atoms with Crippen LogP contribution in [0.2, 0.25) is 0 Å². The van der Waals surface area contributed by atoms with Crippen molar-refractivity contribution in [3.05, 3.63) is 29.9 Å². The van der Waals surface area contributed by atoms with Gasteiger partial charge in [-0.1, -0.05) is 0 Å². The molecule has 9 heteroatoms. The molecule has 1 fully saturated rings. The molecule has 110 valence electrons. The maximum Gasteiger partial charge on any atom is 0.237 e. The molecule has 1 amide bonds. The number of pyridine rings is 1. The van der Waals surface area contributed by atoms with E-state index < -0.39 is 14.3 Å². The van der Waals surface area contributed by atoms with Gasteiger partial charge in [0.2, 0.25) is 15.0 Å². The number of hydrogen-bond donors (Lipinski definition) is 0. The normalized spacial score (nSPS) is 19.2. The summed E-state index contributed by atoms with van der Waals surface area (Å²) < 4.78 is 22.7. The van der Waals surface area contributed by atoms with Gasteiger partial charge in [-0.15, -0.1) is 11.3 Å². The van der Waals surface area contributed by atoms with E-state index in [9.17, 15) is 13.2 Å². The Balaban J connectivity index is 1.86. The van der Waals surface area contributed by atoms with Crippen molar-refractivity contribution in [3.63, 3.8) is 0 Å². The lowest BCUT2D eigenvalue weighted by Crippen LogP contribution is -2.26. The second-order valence-corrected chi connectivity index (χ2v) is 8.31. The highest BCUT2D eigenvalue weighted by Gasteiger charge is 2.39. The first-order valence-electron chi connectivity index (χ1n) is 6.05. The van der Waals surface area contributed by atoms with Crippen molar-refractivity contribution in [1.29, 1.82) is 0 Å². The molecule has 1 aliphatic rings. The summed E-state index contributed by atoms with van der Waals surface area (Å²) in [6.45, 7) is 0.0463. The highest BCUT2D eigenvalue weighted by atomic mass is 35.7. The third-order valence-electron chi connectivity index (χ3n) is 3.17. The number of amides is 1. The van der Waals surface area contributed by atoms with E-state index in [0.29, 0.717) is 10.8 Å². The number of aromatic nitrogens is 2. The van der Waals surface area contributed by atoms with Crippen molar-refractivity contribution in [3.8, 4) is 11.3 Å². The van der Waals surface area contributed by atoms with Gasteiger partial charge >= 0.3 is 0 Å². The van der Waals surface area contributed by atoms with Gasteiger partial charge < -0.3 is 0 Å². The van der Waals surface area contributed by atoms with Crippen LogP contribution < -0.4 is 4.90 Å². The Morgan fingerprint density at radius 2 is 2.24 bits per heavy atom. The van der Waals surface area contributed by atoms with E-state index in [-0.39, 0.29) is 18.9 Å². The smallest absolute Gasteiger partial charge is 0.237 e. The second-order valence-electron chi connectivity index (χ2n) is 4.56. The van der Waals surface area contributed by atoms with Crippen molar-refractivity contribution in [2.24, 2.45) is 0 Å². The summed E-state index contributed by atoms with van der Waals surface area (Å²) in [5, 5.41) is 1.40. The largest absolute Gasteiger partial charge is 0.287 e. The lowest BCUT2D eigenvalue weighted by molar-refractivity contribution is -0.117. The van der Waals surface area contributed by atoms with Crippen LogP contribution in [0.25, 0.3) is 11.3 Å². The summed E-state index contributed by atoms with van der Waals surface area (Å²) in [6, 6.07) is 3.66. The maximum absolute atomic E-state index is 11.9. The molecule has 1 saturated heterocycles. The van der Waals surface area contributed by atoms with Crippen LogP contribution in [-0.2, 0) is 13.8 Å². The zero-order chi connectivity index (χ0) is 15.0. The Labute approximate surface area is 129 Å². The number of hydrogen-bond acceptors (Lipinski definition) is 6. The molecular weight excluding hydrogens is 334 g/mol. The molecule has 0 radical (unpaired) electrons. The minimum Gasteiger partial charge on any atom is -0.287 e. The van der Waals surface area contributed by atoms with Gasteiger partial charge in [0.05, 0.1) is 5.69 Å². The van der Waals surface area contributed by atoms with Gasteiger partial charge in [-0.25, -0.2) is 13.4 Å². The molecule has 6 nitrogen and oxygen atoms in total. The summed E-state index contributed by atoms with van der Waals surface area (Å²) in [6.07, 6.45) is 3.24. The van der Waals surface area contributed by atoms with Crippen molar-refractivity contribution in [2.45, 2.75) is 11.7 Å². The van der Waals surface area contributed by atoms with E-state index in [1.54, 1.807) is 18.5 Å². The predicted octanol–water partition coefficient (Wildman–Crippen LogP) is 1.88. The van der Waals surface area contributed by atoms with Gasteiger partial charge in [-0.3, -0.25) is 14.7 Å². The number of halogens is 1. The highest BCUT2D eigenvalue weighted by molar-refractivity contribution is 8.14. The summed E-state index contributed by atoms with van der Waals surface area (Å²) in [4.78, 5) is 21.7. The molecule has 0 saturated carbocycles. The molecule has 2 aromatic rings. The van der Waals surface area contributed by atoms with Crippen LogP contribution >= 0.6 is 22.0 Å². The molecule has 2 aromatic heterocycles. The molecule has 1 aliphatic heterocycles. The Kier molecular flexibility index (Phi) is 3.68. The fourth-order valence-electron chi connectivity index (χ4n) is 2.08. The van der Waals surface area contributed by atoms with E-state index in [0.717, 1.165) is 5.56 Å². The summed E-state index contributed by atoms with van der Waals surface area (Å²) in [5.74, 6) is -0.281. The molecule has 0 spiro atoms. The minimum atomic E-state index is -3.75. The number of anilines is 1. The van der Waals surface area contributed by atoms with Crippen LogP contribution in [0.3, 0.4) is 0 Å². The maximum atomic E-state index is 11.9. The van der Waals surface area contributed by atoms with Gasteiger partial charge in [-0.05, 0) is 12.1 Å². The molecule has 1 unspecified atom stereocenters. The summed E-state index contributed by atoms with van der Waals surface area (Å²) >= 11 is 1.29. The van der Waals surface area contributed by atoms with E-state index in [2.05, 4.69) is 9.97 Å². The number of nitrogens with zero attached hydrogens (tertiary/aromatic N) is 3. The fourth-order valence-corrected chi connectivity index (χ4v) is 3.97. The zero-order valence-electron chi connectivity index (χ0n) is 10.6. The van der Waals surface area contributed by atoms with E-state index in [1.165, 1.54) is 16.2 Å². The summed E-state index contributed by atoms with van der Waals surface area (Å²) in [5.41, 5.74) is 1.54. The SMILES string of the molecule is O=C1CC(S(=O)(=O)Cl)CN1c1nc(-c2cccnc2)cs1. The van der Waals surface area contributed by atoms with Crippen molar-refractivity contribution in [1.82, 2.24) is 9.97 Å². The Hall–Kier alpha value is -1.51. The average Bonchev–Trinajstić information content (AvgIpc) is 3.05. The molecule has 0 N–H and O–H groups in total. The number of carbonyl (C=O) groups is 1. The standard InChI is InChI=1S/C12H10ClN3O3S2/c13-21(18,19)9-4-11(17)16(6-9)12-15-10(7-20-12)8-2-1-3-14-5-8/h1-3,5,7,9H,4,6H2. The lowest BCUT2D eigenvalue weighted by atomic mass is 10.2. The van der Waals surface area contributed by atoms with Gasteiger partial charge in [0.15, 0.2) is 5.13 Å².